The third-order valence-corrected chi connectivity index (χ3v) is 4.91. The molecule has 0 aromatic rings. The van der Waals surface area contributed by atoms with Gasteiger partial charge in [0.2, 0.25) is 0 Å². The van der Waals surface area contributed by atoms with Crippen molar-refractivity contribution in [3.8, 4) is 0 Å². The molecule has 0 radical (unpaired) electrons. The second-order valence-electron chi connectivity index (χ2n) is 4.34. The van der Waals surface area contributed by atoms with Crippen molar-refractivity contribution in [2.75, 3.05) is 5.75 Å². The minimum atomic E-state index is -0.614. The largest absolute Gasteiger partial charge is 0.480 e. The standard InChI is InChI=1S/C10H18O2S/c1-7(2)6-13-10(9(11)12)5-4-8(10)3/h7-8H,4-6H2,1-3H3,(H,11,12). The lowest BCUT2D eigenvalue weighted by Gasteiger charge is -2.44. The number of carboxylic acids is 1. The summed E-state index contributed by atoms with van der Waals surface area (Å²) in [4.78, 5) is 11.1. The van der Waals surface area contributed by atoms with Gasteiger partial charge in [-0.05, 0) is 30.4 Å². The van der Waals surface area contributed by atoms with Gasteiger partial charge < -0.3 is 5.11 Å². The van der Waals surface area contributed by atoms with E-state index in [0.29, 0.717) is 11.8 Å². The topological polar surface area (TPSA) is 37.3 Å². The summed E-state index contributed by atoms with van der Waals surface area (Å²) in [5, 5.41) is 9.15. The Morgan fingerprint density at radius 3 is 2.54 bits per heavy atom. The van der Waals surface area contributed by atoms with E-state index in [4.69, 9.17) is 5.11 Å². The minimum Gasteiger partial charge on any atom is -0.480 e. The first-order valence-electron chi connectivity index (χ1n) is 4.86. The first-order chi connectivity index (χ1) is 5.99. The highest BCUT2D eigenvalue weighted by Gasteiger charge is 2.50. The molecule has 1 aliphatic carbocycles. The highest BCUT2D eigenvalue weighted by Crippen LogP contribution is 2.49. The average molecular weight is 202 g/mol. The molecule has 0 spiro atoms. The smallest absolute Gasteiger partial charge is 0.320 e. The fourth-order valence-corrected chi connectivity index (χ4v) is 3.02. The maximum absolute atomic E-state index is 11.1. The van der Waals surface area contributed by atoms with Crippen LogP contribution in [0.1, 0.15) is 33.6 Å². The van der Waals surface area contributed by atoms with Gasteiger partial charge >= 0.3 is 5.97 Å². The lowest BCUT2D eigenvalue weighted by atomic mass is 9.74. The molecule has 13 heavy (non-hydrogen) atoms. The van der Waals surface area contributed by atoms with Crippen LogP contribution in [0.3, 0.4) is 0 Å². The SMILES string of the molecule is CC(C)CSC1(C(=O)O)CCC1C. The summed E-state index contributed by atoms with van der Waals surface area (Å²) in [7, 11) is 0. The van der Waals surface area contributed by atoms with Crippen molar-refractivity contribution in [2.24, 2.45) is 11.8 Å². The molecule has 0 aliphatic heterocycles. The van der Waals surface area contributed by atoms with Gasteiger partial charge in [-0.1, -0.05) is 20.8 Å². The molecule has 76 valence electrons. The van der Waals surface area contributed by atoms with E-state index in [1.54, 1.807) is 11.8 Å². The number of aliphatic carboxylic acids is 1. The van der Waals surface area contributed by atoms with Gasteiger partial charge in [0.1, 0.15) is 4.75 Å². The molecule has 1 rings (SSSR count). The zero-order chi connectivity index (χ0) is 10.1. The zero-order valence-electron chi connectivity index (χ0n) is 8.54. The van der Waals surface area contributed by atoms with Crippen LogP contribution in [0.4, 0.5) is 0 Å². The van der Waals surface area contributed by atoms with Crippen LogP contribution >= 0.6 is 11.8 Å². The summed E-state index contributed by atoms with van der Waals surface area (Å²) in [6.07, 6.45) is 1.91. The van der Waals surface area contributed by atoms with Crippen LogP contribution in [-0.4, -0.2) is 21.6 Å². The number of thioether (sulfide) groups is 1. The maximum Gasteiger partial charge on any atom is 0.320 e. The second-order valence-corrected chi connectivity index (χ2v) is 5.69. The lowest BCUT2D eigenvalue weighted by molar-refractivity contribution is -0.144. The molecule has 1 aliphatic rings. The van der Waals surface area contributed by atoms with E-state index >= 15 is 0 Å². The molecule has 1 N–H and O–H groups in total. The van der Waals surface area contributed by atoms with E-state index in [-0.39, 0.29) is 0 Å². The third-order valence-electron chi connectivity index (χ3n) is 2.78. The number of carbonyl (C=O) groups is 1. The Bertz CT molecular complexity index is 203. The number of hydrogen-bond donors (Lipinski definition) is 1. The van der Waals surface area contributed by atoms with E-state index in [2.05, 4.69) is 13.8 Å². The van der Waals surface area contributed by atoms with Gasteiger partial charge in [-0.25, -0.2) is 0 Å². The third kappa shape index (κ3) is 2.01. The van der Waals surface area contributed by atoms with Crippen LogP contribution in [0, 0.1) is 11.8 Å². The predicted molar refractivity (Wildman–Crippen MR) is 56.1 cm³/mol. The van der Waals surface area contributed by atoms with E-state index < -0.39 is 10.7 Å². The summed E-state index contributed by atoms with van der Waals surface area (Å²) >= 11 is 1.64. The summed E-state index contributed by atoms with van der Waals surface area (Å²) in [5.74, 6) is 1.26. The molecular weight excluding hydrogens is 184 g/mol. The second kappa shape index (κ2) is 3.91. The molecule has 0 bridgehead atoms. The first-order valence-corrected chi connectivity index (χ1v) is 5.85. The van der Waals surface area contributed by atoms with Crippen LogP contribution in [0.25, 0.3) is 0 Å². The van der Waals surface area contributed by atoms with E-state index in [9.17, 15) is 4.79 Å². The van der Waals surface area contributed by atoms with Gasteiger partial charge in [0.25, 0.3) is 0 Å². The predicted octanol–water partition coefficient (Wildman–Crippen LogP) is 2.63. The quantitative estimate of drug-likeness (QED) is 0.761. The fourth-order valence-electron chi connectivity index (χ4n) is 1.60. The van der Waals surface area contributed by atoms with Crippen LogP contribution in [0.5, 0.6) is 0 Å². The van der Waals surface area contributed by atoms with E-state index in [1.165, 1.54) is 0 Å². The summed E-state index contributed by atoms with van der Waals surface area (Å²) in [6.45, 7) is 6.31. The van der Waals surface area contributed by atoms with Crippen molar-refractivity contribution in [1.29, 1.82) is 0 Å². The summed E-state index contributed by atoms with van der Waals surface area (Å²) in [6, 6.07) is 0. The monoisotopic (exact) mass is 202 g/mol. The van der Waals surface area contributed by atoms with Crippen molar-refractivity contribution >= 4 is 17.7 Å². The molecule has 2 unspecified atom stereocenters. The maximum atomic E-state index is 11.1. The molecule has 2 atom stereocenters. The summed E-state index contributed by atoms with van der Waals surface area (Å²) < 4.78 is -0.454. The molecular formula is C10H18O2S. The van der Waals surface area contributed by atoms with Gasteiger partial charge in [-0.15, -0.1) is 11.8 Å². The molecule has 2 nitrogen and oxygen atoms in total. The van der Waals surface area contributed by atoms with Gasteiger partial charge in [0, 0.05) is 0 Å². The van der Waals surface area contributed by atoms with Crippen LogP contribution in [0.15, 0.2) is 0 Å². The average Bonchev–Trinajstić information content (AvgIpc) is 2.01. The van der Waals surface area contributed by atoms with Crippen LogP contribution in [-0.2, 0) is 4.79 Å². The molecule has 1 saturated carbocycles. The minimum absolute atomic E-state index is 0.341. The summed E-state index contributed by atoms with van der Waals surface area (Å²) in [5.41, 5.74) is 0. The molecule has 3 heteroatoms. The molecule has 0 heterocycles. The van der Waals surface area contributed by atoms with Crippen LogP contribution < -0.4 is 0 Å². The van der Waals surface area contributed by atoms with Crippen molar-refractivity contribution in [3.63, 3.8) is 0 Å². The molecule has 0 aromatic heterocycles. The van der Waals surface area contributed by atoms with Gasteiger partial charge in [0.15, 0.2) is 0 Å². The molecule has 0 saturated heterocycles. The van der Waals surface area contributed by atoms with Crippen molar-refractivity contribution in [1.82, 2.24) is 0 Å². The lowest BCUT2D eigenvalue weighted by Crippen LogP contribution is -2.49. The van der Waals surface area contributed by atoms with Crippen molar-refractivity contribution in [3.05, 3.63) is 0 Å². The Morgan fingerprint density at radius 2 is 2.31 bits per heavy atom. The Kier molecular flexibility index (Phi) is 3.28. The number of rotatable bonds is 4. The number of hydrogen-bond acceptors (Lipinski definition) is 2. The Balaban J connectivity index is 2.54. The first kappa shape index (κ1) is 10.9. The van der Waals surface area contributed by atoms with Crippen LogP contribution in [0.2, 0.25) is 0 Å². The highest BCUT2D eigenvalue weighted by atomic mass is 32.2. The van der Waals surface area contributed by atoms with Crippen molar-refractivity contribution in [2.45, 2.75) is 38.4 Å². The Labute approximate surface area is 84.1 Å². The van der Waals surface area contributed by atoms with Gasteiger partial charge in [-0.2, -0.15) is 0 Å². The zero-order valence-corrected chi connectivity index (χ0v) is 9.36. The normalized spacial score (nSPS) is 33.1. The Hall–Kier alpha value is -0.180. The fraction of sp³-hybridized carbons (Fsp3) is 0.900. The van der Waals surface area contributed by atoms with E-state index in [1.807, 2.05) is 6.92 Å². The Morgan fingerprint density at radius 1 is 1.69 bits per heavy atom. The van der Waals surface area contributed by atoms with Crippen molar-refractivity contribution < 1.29 is 9.90 Å². The van der Waals surface area contributed by atoms with Gasteiger partial charge in [-0.3, -0.25) is 4.79 Å². The highest BCUT2D eigenvalue weighted by molar-refractivity contribution is 8.01. The van der Waals surface area contributed by atoms with E-state index in [0.717, 1.165) is 18.6 Å². The molecule has 1 fully saturated rings. The molecule has 0 aromatic carbocycles. The van der Waals surface area contributed by atoms with Gasteiger partial charge in [0.05, 0.1) is 0 Å². The molecule has 0 amide bonds. The number of carboxylic acid groups (broad SMARTS) is 1.